The molecule has 0 N–H and O–H groups in total. The molecule has 2 rings (SSSR count). The Kier molecular flexibility index (Phi) is 5.74. The Morgan fingerprint density at radius 3 is 2.71 bits per heavy atom. The van der Waals surface area contributed by atoms with E-state index in [2.05, 4.69) is 11.1 Å². The van der Waals surface area contributed by atoms with Crippen LogP contribution in [0.4, 0.5) is 0 Å². The quantitative estimate of drug-likeness (QED) is 0.472. The molecule has 1 atom stereocenters. The van der Waals surface area contributed by atoms with Crippen molar-refractivity contribution in [2.75, 3.05) is 20.7 Å². The van der Waals surface area contributed by atoms with Crippen LogP contribution in [0.15, 0.2) is 58.6 Å². The molecular formula is C18H19N3O3. The first-order valence-corrected chi connectivity index (χ1v) is 7.52. The van der Waals surface area contributed by atoms with Gasteiger partial charge in [-0.1, -0.05) is 30.3 Å². The highest BCUT2D eigenvalue weighted by Gasteiger charge is 2.34. The number of hydrogen-bond acceptors (Lipinski definition) is 5. The minimum absolute atomic E-state index is 0.174. The number of allylic oxidation sites excluding steroid dienone is 1. The van der Waals surface area contributed by atoms with Gasteiger partial charge in [-0.25, -0.2) is 9.79 Å². The number of hydrogen-bond donors (Lipinski definition) is 0. The van der Waals surface area contributed by atoms with E-state index in [9.17, 15) is 10.1 Å². The van der Waals surface area contributed by atoms with Crippen molar-refractivity contribution >= 4 is 12.3 Å². The third-order valence-corrected chi connectivity index (χ3v) is 3.30. The van der Waals surface area contributed by atoms with Gasteiger partial charge < -0.3 is 14.4 Å². The molecule has 0 radical (unpaired) electrons. The fourth-order valence-corrected chi connectivity index (χ4v) is 2.28. The normalized spacial score (nSPS) is 17.1. The molecule has 0 bridgehead atoms. The molecule has 0 amide bonds. The summed E-state index contributed by atoms with van der Waals surface area (Å²) < 4.78 is 10.5. The number of benzene rings is 1. The fraction of sp³-hybridized carbons (Fsp3) is 0.278. The number of carbonyl (C=O) groups is 1. The van der Waals surface area contributed by atoms with E-state index in [0.717, 1.165) is 5.56 Å². The minimum atomic E-state index is -0.571. The third-order valence-electron chi connectivity index (χ3n) is 3.30. The van der Waals surface area contributed by atoms with Crippen LogP contribution in [0.3, 0.4) is 0 Å². The summed E-state index contributed by atoms with van der Waals surface area (Å²) in [6, 6.07) is 11.4. The molecule has 1 aliphatic heterocycles. The minimum Gasteiger partial charge on any atom is -0.463 e. The predicted octanol–water partition coefficient (Wildman–Crippen LogP) is 2.57. The van der Waals surface area contributed by atoms with Crippen LogP contribution < -0.4 is 0 Å². The standard InChI is InChI=1S/C18H19N3O3/c1-4-23-18(22)15-11-24-17(20-12-21(2)3)14(10-19)16(15)13-8-6-5-7-9-13/h5-9,11-12,16H,4H2,1-3H3/b20-12+. The lowest BCUT2D eigenvalue weighted by atomic mass is 9.84. The first-order chi connectivity index (χ1) is 11.6. The lowest BCUT2D eigenvalue weighted by molar-refractivity contribution is -0.139. The Morgan fingerprint density at radius 1 is 1.42 bits per heavy atom. The molecule has 0 fully saturated rings. The summed E-state index contributed by atoms with van der Waals surface area (Å²) in [7, 11) is 3.63. The van der Waals surface area contributed by atoms with E-state index < -0.39 is 11.9 Å². The second kappa shape index (κ2) is 7.97. The van der Waals surface area contributed by atoms with Crippen LogP contribution in [0.5, 0.6) is 0 Å². The number of carbonyl (C=O) groups excluding carboxylic acids is 1. The SMILES string of the molecule is CCOC(=O)C1=COC(/N=C/N(C)C)=C(C#N)C1c1ccccc1. The van der Waals surface area contributed by atoms with Crippen LogP contribution >= 0.6 is 0 Å². The number of rotatable bonds is 5. The molecule has 124 valence electrons. The van der Waals surface area contributed by atoms with Crippen molar-refractivity contribution in [3.8, 4) is 6.07 Å². The summed E-state index contributed by atoms with van der Waals surface area (Å²) in [6.45, 7) is 1.97. The van der Waals surface area contributed by atoms with Gasteiger partial charge in [0.25, 0.3) is 0 Å². The summed E-state index contributed by atoms with van der Waals surface area (Å²) in [5, 5.41) is 9.63. The van der Waals surface area contributed by atoms with Crippen LogP contribution in [-0.2, 0) is 14.3 Å². The fourth-order valence-electron chi connectivity index (χ4n) is 2.28. The van der Waals surface area contributed by atoms with Gasteiger partial charge in [0.1, 0.15) is 17.9 Å². The highest BCUT2D eigenvalue weighted by molar-refractivity contribution is 5.91. The average Bonchev–Trinajstić information content (AvgIpc) is 2.59. The third kappa shape index (κ3) is 3.82. The van der Waals surface area contributed by atoms with Gasteiger partial charge in [-0.15, -0.1) is 0 Å². The summed E-state index contributed by atoms with van der Waals surface area (Å²) in [5.41, 5.74) is 1.35. The van der Waals surface area contributed by atoms with Gasteiger partial charge in [0.15, 0.2) is 0 Å². The largest absolute Gasteiger partial charge is 0.463 e. The molecule has 1 aromatic carbocycles. The molecule has 0 saturated heterocycles. The molecule has 0 saturated carbocycles. The second-order valence-corrected chi connectivity index (χ2v) is 5.29. The van der Waals surface area contributed by atoms with Gasteiger partial charge in [-0.2, -0.15) is 5.26 Å². The lowest BCUT2D eigenvalue weighted by Crippen LogP contribution is -2.21. The van der Waals surface area contributed by atoms with Crippen LogP contribution in [-0.4, -0.2) is 37.9 Å². The van der Waals surface area contributed by atoms with Crippen molar-refractivity contribution in [3.63, 3.8) is 0 Å². The Bertz CT molecular complexity index is 728. The summed E-state index contributed by atoms with van der Waals surface area (Å²) in [5.74, 6) is -0.902. The maximum Gasteiger partial charge on any atom is 0.338 e. The number of aliphatic imine (C=N–C) groups is 1. The zero-order valence-corrected chi connectivity index (χ0v) is 13.9. The van der Waals surface area contributed by atoms with Crippen LogP contribution in [0.25, 0.3) is 0 Å². The van der Waals surface area contributed by atoms with Crippen molar-refractivity contribution in [1.82, 2.24) is 4.90 Å². The molecule has 0 spiro atoms. The Morgan fingerprint density at radius 2 is 2.12 bits per heavy atom. The smallest absolute Gasteiger partial charge is 0.338 e. The first kappa shape index (κ1) is 17.3. The molecule has 1 unspecified atom stereocenters. The molecule has 0 aliphatic carbocycles. The summed E-state index contributed by atoms with van der Waals surface area (Å²) in [4.78, 5) is 18.2. The Hall–Kier alpha value is -3.07. The van der Waals surface area contributed by atoms with E-state index in [1.807, 2.05) is 44.4 Å². The van der Waals surface area contributed by atoms with E-state index in [1.165, 1.54) is 12.6 Å². The molecule has 6 heteroatoms. The maximum atomic E-state index is 12.3. The second-order valence-electron chi connectivity index (χ2n) is 5.29. The molecule has 6 nitrogen and oxygen atoms in total. The molecule has 24 heavy (non-hydrogen) atoms. The van der Waals surface area contributed by atoms with Crippen molar-refractivity contribution < 1.29 is 14.3 Å². The number of ether oxygens (including phenoxy) is 2. The van der Waals surface area contributed by atoms with Crippen LogP contribution in [0.1, 0.15) is 18.4 Å². The molecular weight excluding hydrogens is 306 g/mol. The Balaban J connectivity index is 2.52. The van der Waals surface area contributed by atoms with E-state index in [1.54, 1.807) is 11.8 Å². The maximum absolute atomic E-state index is 12.3. The van der Waals surface area contributed by atoms with Crippen molar-refractivity contribution in [1.29, 1.82) is 5.26 Å². The monoisotopic (exact) mass is 325 g/mol. The Labute approximate surface area is 141 Å². The van der Waals surface area contributed by atoms with Gasteiger partial charge >= 0.3 is 5.97 Å². The predicted molar refractivity (Wildman–Crippen MR) is 89.8 cm³/mol. The summed E-state index contributed by atoms with van der Waals surface area (Å²) >= 11 is 0. The zero-order chi connectivity index (χ0) is 17.5. The molecule has 1 heterocycles. The first-order valence-electron chi connectivity index (χ1n) is 7.52. The van der Waals surface area contributed by atoms with Crippen LogP contribution in [0.2, 0.25) is 0 Å². The van der Waals surface area contributed by atoms with Crippen molar-refractivity contribution in [2.24, 2.45) is 4.99 Å². The molecule has 1 aromatic rings. The molecule has 1 aliphatic rings. The average molecular weight is 325 g/mol. The van der Waals surface area contributed by atoms with Gasteiger partial charge in [0, 0.05) is 14.1 Å². The van der Waals surface area contributed by atoms with Gasteiger partial charge in [-0.05, 0) is 12.5 Å². The summed E-state index contributed by atoms with van der Waals surface area (Å²) in [6.07, 6.45) is 2.86. The van der Waals surface area contributed by atoms with Crippen molar-refractivity contribution in [3.05, 3.63) is 59.2 Å². The van der Waals surface area contributed by atoms with E-state index >= 15 is 0 Å². The van der Waals surface area contributed by atoms with Crippen LogP contribution in [0, 0.1) is 11.3 Å². The topological polar surface area (TPSA) is 74.9 Å². The highest BCUT2D eigenvalue weighted by atomic mass is 16.5. The van der Waals surface area contributed by atoms with Crippen molar-refractivity contribution in [2.45, 2.75) is 12.8 Å². The van der Waals surface area contributed by atoms with Gasteiger partial charge in [0.05, 0.1) is 24.4 Å². The number of nitrogens with zero attached hydrogens (tertiary/aromatic N) is 3. The number of esters is 1. The van der Waals surface area contributed by atoms with E-state index in [-0.39, 0.29) is 23.6 Å². The van der Waals surface area contributed by atoms with Gasteiger partial charge in [-0.3, -0.25) is 0 Å². The lowest BCUT2D eigenvalue weighted by Gasteiger charge is -2.23. The number of nitriles is 1. The van der Waals surface area contributed by atoms with E-state index in [0.29, 0.717) is 0 Å². The van der Waals surface area contributed by atoms with E-state index in [4.69, 9.17) is 9.47 Å². The molecule has 0 aromatic heterocycles. The highest BCUT2D eigenvalue weighted by Crippen LogP contribution is 2.38. The van der Waals surface area contributed by atoms with Gasteiger partial charge in [0.2, 0.25) is 5.88 Å². The zero-order valence-electron chi connectivity index (χ0n) is 13.9.